The molecule has 1 aliphatic carbocycles. The first-order chi connectivity index (χ1) is 9.34. The molecule has 1 aliphatic rings. The minimum atomic E-state index is 0.141. The van der Waals surface area contributed by atoms with Gasteiger partial charge in [-0.25, -0.2) is 0 Å². The van der Waals surface area contributed by atoms with E-state index >= 15 is 0 Å². The Bertz CT molecular complexity index is 466. The van der Waals surface area contributed by atoms with Gasteiger partial charge in [-0.05, 0) is 48.3 Å². The van der Waals surface area contributed by atoms with Crippen molar-refractivity contribution >= 4 is 21.8 Å². The van der Waals surface area contributed by atoms with Crippen molar-refractivity contribution in [3.8, 4) is 0 Å². The Morgan fingerprint density at radius 2 is 1.95 bits per heavy atom. The number of rotatable bonds is 3. The molecule has 0 heterocycles. The highest BCUT2D eigenvalue weighted by Gasteiger charge is 2.32. The van der Waals surface area contributed by atoms with Crippen LogP contribution in [0.5, 0.6) is 0 Å². The normalized spacial score (nSPS) is 25.2. The van der Waals surface area contributed by atoms with Gasteiger partial charge < -0.3 is 5.32 Å². The Morgan fingerprint density at radius 1 is 1.30 bits per heavy atom. The molecule has 0 spiro atoms. The number of benzene rings is 1. The number of carbonyl (C=O) groups is 1. The first-order valence-corrected chi connectivity index (χ1v) is 8.17. The van der Waals surface area contributed by atoms with Gasteiger partial charge >= 0.3 is 0 Å². The van der Waals surface area contributed by atoms with E-state index in [1.54, 1.807) is 0 Å². The van der Waals surface area contributed by atoms with Crippen molar-refractivity contribution in [2.45, 2.75) is 52.5 Å². The molecule has 1 aromatic carbocycles. The zero-order valence-electron chi connectivity index (χ0n) is 12.6. The molecule has 0 unspecified atom stereocenters. The summed E-state index contributed by atoms with van der Waals surface area (Å²) in [5, 5.41) is 3.22. The predicted octanol–water partition coefficient (Wildman–Crippen LogP) is 4.32. The molecule has 3 heteroatoms. The molecular weight excluding hydrogens is 314 g/mol. The van der Waals surface area contributed by atoms with Gasteiger partial charge in [0.05, 0.1) is 6.42 Å². The summed E-state index contributed by atoms with van der Waals surface area (Å²) < 4.78 is 1.05. The highest BCUT2D eigenvalue weighted by atomic mass is 79.9. The summed E-state index contributed by atoms with van der Waals surface area (Å²) in [5.74, 6) is 0.832. The molecule has 0 aliphatic heterocycles. The Labute approximate surface area is 130 Å². The smallest absolute Gasteiger partial charge is 0.224 e. The van der Waals surface area contributed by atoms with Gasteiger partial charge in [-0.2, -0.15) is 0 Å². The lowest BCUT2D eigenvalue weighted by atomic mass is 9.70. The van der Waals surface area contributed by atoms with Gasteiger partial charge in [0.15, 0.2) is 0 Å². The SMILES string of the molecule is C[C@@H]1C[C@@H](NC(=O)Cc2ccc(Br)cc2)CC(C)(C)C1. The van der Waals surface area contributed by atoms with Gasteiger partial charge in [-0.1, -0.05) is 48.8 Å². The van der Waals surface area contributed by atoms with E-state index < -0.39 is 0 Å². The summed E-state index contributed by atoms with van der Waals surface area (Å²) in [7, 11) is 0. The second-order valence-corrected chi connectivity index (χ2v) is 7.90. The molecule has 0 bridgehead atoms. The summed E-state index contributed by atoms with van der Waals surface area (Å²) in [6, 6.07) is 8.29. The Balaban J connectivity index is 1.89. The standard InChI is InChI=1S/C17H24BrNO/c1-12-8-15(11-17(2,3)10-12)19-16(20)9-13-4-6-14(18)7-5-13/h4-7,12,15H,8-11H2,1-3H3,(H,19,20)/t12-,15-/m1/s1. The van der Waals surface area contributed by atoms with E-state index in [4.69, 9.17) is 0 Å². The van der Waals surface area contributed by atoms with Gasteiger partial charge in [0.1, 0.15) is 0 Å². The second-order valence-electron chi connectivity index (χ2n) is 6.98. The summed E-state index contributed by atoms with van der Waals surface area (Å²) in [5.41, 5.74) is 1.40. The molecule has 1 fully saturated rings. The van der Waals surface area contributed by atoms with E-state index in [1.165, 1.54) is 6.42 Å². The van der Waals surface area contributed by atoms with Crippen LogP contribution < -0.4 is 5.32 Å². The molecule has 1 saturated carbocycles. The van der Waals surface area contributed by atoms with Crippen LogP contribution in [0.3, 0.4) is 0 Å². The fraction of sp³-hybridized carbons (Fsp3) is 0.588. The van der Waals surface area contributed by atoms with Crippen LogP contribution in [0.2, 0.25) is 0 Å². The number of nitrogens with one attached hydrogen (secondary N) is 1. The van der Waals surface area contributed by atoms with E-state index in [9.17, 15) is 4.79 Å². The van der Waals surface area contributed by atoms with Gasteiger partial charge in [-0.3, -0.25) is 4.79 Å². The van der Waals surface area contributed by atoms with E-state index in [0.717, 1.165) is 22.9 Å². The molecule has 2 rings (SSSR count). The third kappa shape index (κ3) is 4.62. The number of hydrogen-bond donors (Lipinski definition) is 1. The third-order valence-electron chi connectivity index (χ3n) is 4.03. The van der Waals surface area contributed by atoms with Gasteiger partial charge in [-0.15, -0.1) is 0 Å². The second kappa shape index (κ2) is 6.30. The predicted molar refractivity (Wildman–Crippen MR) is 86.6 cm³/mol. The zero-order valence-corrected chi connectivity index (χ0v) is 14.2. The maximum absolute atomic E-state index is 12.2. The van der Waals surface area contributed by atoms with Gasteiger partial charge in [0.2, 0.25) is 5.91 Å². The quantitative estimate of drug-likeness (QED) is 0.874. The lowest BCUT2D eigenvalue weighted by Crippen LogP contribution is -2.43. The minimum Gasteiger partial charge on any atom is -0.353 e. The number of hydrogen-bond acceptors (Lipinski definition) is 1. The number of halogens is 1. The van der Waals surface area contributed by atoms with Crippen molar-refractivity contribution in [3.05, 3.63) is 34.3 Å². The lowest BCUT2D eigenvalue weighted by Gasteiger charge is -2.39. The van der Waals surface area contributed by atoms with Crippen LogP contribution in [0.1, 0.15) is 45.6 Å². The first kappa shape index (κ1) is 15.6. The van der Waals surface area contributed by atoms with E-state index in [0.29, 0.717) is 23.8 Å². The summed E-state index contributed by atoms with van der Waals surface area (Å²) in [6.45, 7) is 6.89. The molecule has 1 amide bonds. The molecule has 20 heavy (non-hydrogen) atoms. The van der Waals surface area contributed by atoms with Crippen molar-refractivity contribution in [2.24, 2.45) is 11.3 Å². The van der Waals surface area contributed by atoms with Crippen molar-refractivity contribution in [2.75, 3.05) is 0 Å². The van der Waals surface area contributed by atoms with Crippen LogP contribution in [-0.2, 0) is 11.2 Å². The largest absolute Gasteiger partial charge is 0.353 e. The first-order valence-electron chi connectivity index (χ1n) is 7.38. The Kier molecular flexibility index (Phi) is 4.90. The zero-order chi connectivity index (χ0) is 14.8. The van der Waals surface area contributed by atoms with Crippen LogP contribution in [0.25, 0.3) is 0 Å². The highest BCUT2D eigenvalue weighted by Crippen LogP contribution is 2.38. The maximum Gasteiger partial charge on any atom is 0.224 e. The topological polar surface area (TPSA) is 29.1 Å². The number of carbonyl (C=O) groups excluding carboxylic acids is 1. The molecule has 0 aromatic heterocycles. The highest BCUT2D eigenvalue weighted by molar-refractivity contribution is 9.10. The molecule has 1 aromatic rings. The fourth-order valence-corrected chi connectivity index (χ4v) is 3.79. The average Bonchev–Trinajstić information content (AvgIpc) is 2.29. The van der Waals surface area contributed by atoms with E-state index in [2.05, 4.69) is 42.0 Å². The van der Waals surface area contributed by atoms with Crippen molar-refractivity contribution in [3.63, 3.8) is 0 Å². The molecule has 2 nitrogen and oxygen atoms in total. The monoisotopic (exact) mass is 337 g/mol. The van der Waals surface area contributed by atoms with Crippen molar-refractivity contribution in [1.82, 2.24) is 5.32 Å². The van der Waals surface area contributed by atoms with Crippen LogP contribution >= 0.6 is 15.9 Å². The summed E-state index contributed by atoms with van der Waals surface area (Å²) in [6.07, 6.45) is 3.92. The summed E-state index contributed by atoms with van der Waals surface area (Å²) >= 11 is 3.41. The Hall–Kier alpha value is -0.830. The van der Waals surface area contributed by atoms with Crippen molar-refractivity contribution < 1.29 is 4.79 Å². The van der Waals surface area contributed by atoms with Crippen LogP contribution in [0.4, 0.5) is 0 Å². The van der Waals surface area contributed by atoms with Gasteiger partial charge in [0, 0.05) is 10.5 Å². The van der Waals surface area contributed by atoms with E-state index in [1.807, 2.05) is 24.3 Å². The van der Waals surface area contributed by atoms with Gasteiger partial charge in [0.25, 0.3) is 0 Å². The van der Waals surface area contributed by atoms with Crippen LogP contribution in [-0.4, -0.2) is 11.9 Å². The van der Waals surface area contributed by atoms with Crippen LogP contribution in [0.15, 0.2) is 28.7 Å². The Morgan fingerprint density at radius 3 is 2.55 bits per heavy atom. The number of amides is 1. The minimum absolute atomic E-state index is 0.141. The molecular formula is C17H24BrNO. The summed E-state index contributed by atoms with van der Waals surface area (Å²) in [4.78, 5) is 12.2. The molecule has 0 saturated heterocycles. The molecule has 1 N–H and O–H groups in total. The van der Waals surface area contributed by atoms with Crippen LogP contribution in [0, 0.1) is 11.3 Å². The molecule has 2 atom stereocenters. The molecule has 110 valence electrons. The fourth-order valence-electron chi connectivity index (χ4n) is 3.52. The lowest BCUT2D eigenvalue weighted by molar-refractivity contribution is -0.121. The molecule has 0 radical (unpaired) electrons. The third-order valence-corrected chi connectivity index (χ3v) is 4.56. The van der Waals surface area contributed by atoms with Crippen molar-refractivity contribution in [1.29, 1.82) is 0 Å². The van der Waals surface area contributed by atoms with E-state index in [-0.39, 0.29) is 5.91 Å². The average molecular weight is 338 g/mol. The maximum atomic E-state index is 12.2.